The molecule has 1 aliphatic rings. The Morgan fingerprint density at radius 3 is 2.75 bits per heavy atom. The first-order valence-corrected chi connectivity index (χ1v) is 5.15. The predicted octanol–water partition coefficient (Wildman–Crippen LogP) is 2.15. The molecule has 1 saturated heterocycles. The molecule has 1 heterocycles. The molecule has 0 radical (unpaired) electrons. The fourth-order valence-corrected chi connectivity index (χ4v) is 1.72. The van der Waals surface area contributed by atoms with E-state index in [1.807, 2.05) is 0 Å². The third-order valence-electron chi connectivity index (χ3n) is 2.63. The van der Waals surface area contributed by atoms with Crippen molar-refractivity contribution < 1.29 is 4.74 Å². The molecule has 0 aliphatic carbocycles. The van der Waals surface area contributed by atoms with E-state index in [1.165, 1.54) is 19.3 Å². The van der Waals surface area contributed by atoms with Gasteiger partial charge < -0.3 is 4.74 Å². The van der Waals surface area contributed by atoms with Crippen LogP contribution >= 0.6 is 0 Å². The molecule has 72 valence electrons. The number of ether oxygens (including phenoxy) is 1. The summed E-state index contributed by atoms with van der Waals surface area (Å²) >= 11 is 0. The topological polar surface area (TPSA) is 21.3 Å². The van der Waals surface area contributed by atoms with Crippen LogP contribution in [0, 0.1) is 5.92 Å². The van der Waals surface area contributed by atoms with Crippen LogP contribution in [0.1, 0.15) is 40.0 Å². The smallest absolute Gasteiger partial charge is 0.111 e. The summed E-state index contributed by atoms with van der Waals surface area (Å²) < 4.78 is 5.66. The molecule has 0 amide bonds. The molecular formula is C10H21NO. The normalized spacial score (nSPS) is 32.2. The van der Waals surface area contributed by atoms with Crippen molar-refractivity contribution in [2.45, 2.75) is 52.3 Å². The summed E-state index contributed by atoms with van der Waals surface area (Å²) in [6, 6.07) is 0.592. The Balaban J connectivity index is 2.25. The summed E-state index contributed by atoms with van der Waals surface area (Å²) in [5.41, 5.74) is 0. The highest BCUT2D eigenvalue weighted by Crippen LogP contribution is 2.17. The van der Waals surface area contributed by atoms with Crippen molar-refractivity contribution in [1.82, 2.24) is 5.32 Å². The van der Waals surface area contributed by atoms with E-state index in [0.717, 1.165) is 6.61 Å². The van der Waals surface area contributed by atoms with Crippen molar-refractivity contribution in [3.63, 3.8) is 0 Å². The maximum absolute atomic E-state index is 5.66. The summed E-state index contributed by atoms with van der Waals surface area (Å²) in [6.45, 7) is 7.59. The lowest BCUT2D eigenvalue weighted by molar-refractivity contribution is 0.0547. The predicted molar refractivity (Wildman–Crippen MR) is 51.0 cm³/mol. The van der Waals surface area contributed by atoms with Gasteiger partial charge in [0.15, 0.2) is 0 Å². The van der Waals surface area contributed by atoms with Gasteiger partial charge in [0.05, 0.1) is 6.61 Å². The van der Waals surface area contributed by atoms with E-state index in [2.05, 4.69) is 26.1 Å². The summed E-state index contributed by atoms with van der Waals surface area (Å²) in [4.78, 5) is 0. The third-order valence-corrected chi connectivity index (χ3v) is 2.63. The maximum Gasteiger partial charge on any atom is 0.111 e. The van der Waals surface area contributed by atoms with Gasteiger partial charge in [-0.15, -0.1) is 0 Å². The Labute approximate surface area is 75.7 Å². The molecule has 0 bridgehead atoms. The van der Waals surface area contributed by atoms with Gasteiger partial charge in [-0.3, -0.25) is 5.32 Å². The molecular weight excluding hydrogens is 150 g/mol. The first-order valence-electron chi connectivity index (χ1n) is 5.15. The Bertz CT molecular complexity index is 127. The second-order valence-electron chi connectivity index (χ2n) is 3.79. The van der Waals surface area contributed by atoms with Gasteiger partial charge in [0.2, 0.25) is 0 Å². The highest BCUT2D eigenvalue weighted by atomic mass is 16.5. The van der Waals surface area contributed by atoms with Gasteiger partial charge >= 0.3 is 0 Å². The minimum absolute atomic E-state index is 0.315. The zero-order valence-corrected chi connectivity index (χ0v) is 8.47. The van der Waals surface area contributed by atoms with Crippen LogP contribution in [0.4, 0.5) is 0 Å². The van der Waals surface area contributed by atoms with Crippen LogP contribution in [-0.4, -0.2) is 18.9 Å². The minimum atomic E-state index is 0.315. The molecule has 3 unspecified atom stereocenters. The van der Waals surface area contributed by atoms with Crippen LogP contribution < -0.4 is 5.32 Å². The van der Waals surface area contributed by atoms with Gasteiger partial charge in [-0.05, 0) is 18.8 Å². The molecule has 0 aromatic rings. The molecule has 1 fully saturated rings. The average molecular weight is 171 g/mol. The van der Waals surface area contributed by atoms with E-state index < -0.39 is 0 Å². The van der Waals surface area contributed by atoms with Crippen molar-refractivity contribution in [1.29, 1.82) is 0 Å². The number of nitrogens with one attached hydrogen (secondary N) is 1. The van der Waals surface area contributed by atoms with E-state index in [4.69, 9.17) is 4.74 Å². The fourth-order valence-electron chi connectivity index (χ4n) is 1.72. The van der Waals surface area contributed by atoms with Crippen LogP contribution in [0.5, 0.6) is 0 Å². The van der Waals surface area contributed by atoms with Crippen molar-refractivity contribution in [2.75, 3.05) is 6.61 Å². The molecule has 0 spiro atoms. The van der Waals surface area contributed by atoms with Crippen LogP contribution in [-0.2, 0) is 4.74 Å². The molecule has 1 rings (SSSR count). The van der Waals surface area contributed by atoms with Crippen molar-refractivity contribution in [3.8, 4) is 0 Å². The van der Waals surface area contributed by atoms with Crippen molar-refractivity contribution in [2.24, 2.45) is 5.92 Å². The summed E-state index contributed by atoms with van der Waals surface area (Å²) in [5.74, 6) is 0.659. The van der Waals surface area contributed by atoms with Crippen molar-refractivity contribution >= 4 is 0 Å². The zero-order chi connectivity index (χ0) is 8.97. The van der Waals surface area contributed by atoms with Gasteiger partial charge in [-0.1, -0.05) is 27.2 Å². The van der Waals surface area contributed by atoms with Crippen LogP contribution in [0.25, 0.3) is 0 Å². The Kier molecular flexibility index (Phi) is 4.02. The first-order chi connectivity index (χ1) is 5.77. The lowest BCUT2D eigenvalue weighted by Crippen LogP contribution is -2.34. The zero-order valence-electron chi connectivity index (χ0n) is 8.47. The molecule has 2 nitrogen and oxygen atoms in total. The van der Waals surface area contributed by atoms with Gasteiger partial charge in [0, 0.05) is 6.04 Å². The van der Waals surface area contributed by atoms with E-state index in [0.29, 0.717) is 18.2 Å². The standard InChI is InChI=1S/C10H21NO/c1-4-6-8(3)10-11-9(5-2)7-12-10/h8-11H,4-7H2,1-3H3. The largest absolute Gasteiger partial charge is 0.361 e. The van der Waals surface area contributed by atoms with E-state index >= 15 is 0 Å². The molecule has 2 heteroatoms. The number of rotatable bonds is 4. The molecule has 3 atom stereocenters. The van der Waals surface area contributed by atoms with Gasteiger partial charge in [0.1, 0.15) is 6.23 Å². The van der Waals surface area contributed by atoms with Gasteiger partial charge in [-0.25, -0.2) is 0 Å². The highest BCUT2D eigenvalue weighted by molar-refractivity contribution is 4.77. The third kappa shape index (κ3) is 2.46. The van der Waals surface area contributed by atoms with E-state index in [9.17, 15) is 0 Å². The minimum Gasteiger partial charge on any atom is -0.361 e. The first kappa shape index (κ1) is 10.0. The lowest BCUT2D eigenvalue weighted by Gasteiger charge is -2.18. The summed E-state index contributed by atoms with van der Waals surface area (Å²) in [5, 5.41) is 3.50. The van der Waals surface area contributed by atoms with Gasteiger partial charge in [-0.2, -0.15) is 0 Å². The van der Waals surface area contributed by atoms with Gasteiger partial charge in [0.25, 0.3) is 0 Å². The summed E-state index contributed by atoms with van der Waals surface area (Å²) in [6.07, 6.45) is 4.00. The second-order valence-corrected chi connectivity index (χ2v) is 3.79. The Morgan fingerprint density at radius 1 is 1.50 bits per heavy atom. The second kappa shape index (κ2) is 4.83. The molecule has 12 heavy (non-hydrogen) atoms. The quantitative estimate of drug-likeness (QED) is 0.699. The molecule has 0 aromatic heterocycles. The van der Waals surface area contributed by atoms with Crippen LogP contribution in [0.15, 0.2) is 0 Å². The van der Waals surface area contributed by atoms with Crippen LogP contribution in [0.3, 0.4) is 0 Å². The van der Waals surface area contributed by atoms with E-state index in [1.54, 1.807) is 0 Å². The number of hydrogen-bond acceptors (Lipinski definition) is 2. The van der Waals surface area contributed by atoms with E-state index in [-0.39, 0.29) is 0 Å². The summed E-state index contributed by atoms with van der Waals surface area (Å²) in [7, 11) is 0. The Hall–Kier alpha value is -0.0800. The SMILES string of the molecule is CCCC(C)C1NC(CC)CO1. The van der Waals surface area contributed by atoms with Crippen LogP contribution in [0.2, 0.25) is 0 Å². The maximum atomic E-state index is 5.66. The monoisotopic (exact) mass is 171 g/mol. The molecule has 0 saturated carbocycles. The fraction of sp³-hybridized carbons (Fsp3) is 1.00. The average Bonchev–Trinajstić information content (AvgIpc) is 2.52. The lowest BCUT2D eigenvalue weighted by atomic mass is 10.0. The number of hydrogen-bond donors (Lipinski definition) is 1. The van der Waals surface area contributed by atoms with Crippen molar-refractivity contribution in [3.05, 3.63) is 0 Å². The Morgan fingerprint density at radius 2 is 2.25 bits per heavy atom. The highest BCUT2D eigenvalue weighted by Gasteiger charge is 2.26. The molecule has 1 N–H and O–H groups in total. The molecule has 0 aromatic carbocycles. The molecule has 1 aliphatic heterocycles.